The molecule has 2 aromatic rings. The number of rotatable bonds is 3. The summed E-state index contributed by atoms with van der Waals surface area (Å²) in [6, 6.07) is 1.97. The van der Waals surface area contributed by atoms with E-state index in [1.165, 1.54) is 0 Å². The zero-order valence-electron chi connectivity index (χ0n) is 12.8. The molecular formula is C15H21N5O. The highest BCUT2D eigenvalue weighted by atomic mass is 16.5. The van der Waals surface area contributed by atoms with Gasteiger partial charge in [-0.15, -0.1) is 0 Å². The summed E-state index contributed by atoms with van der Waals surface area (Å²) in [6.45, 7) is 7.24. The molecule has 3 rings (SSSR count). The molecule has 1 fully saturated rings. The minimum Gasteiger partial charge on any atom is -0.368 e. The van der Waals surface area contributed by atoms with E-state index < -0.39 is 0 Å². The molecule has 6 heteroatoms. The van der Waals surface area contributed by atoms with Gasteiger partial charge in [0.15, 0.2) is 0 Å². The van der Waals surface area contributed by atoms with Crippen molar-refractivity contribution in [2.75, 3.05) is 19.7 Å². The zero-order valence-corrected chi connectivity index (χ0v) is 12.8. The number of aryl methyl sites for hydroxylation is 3. The second kappa shape index (κ2) is 5.91. The number of morpholine rings is 1. The molecule has 0 aliphatic carbocycles. The van der Waals surface area contributed by atoms with Crippen LogP contribution in [0.5, 0.6) is 0 Å². The molecule has 1 atom stereocenters. The van der Waals surface area contributed by atoms with Gasteiger partial charge in [0.05, 0.1) is 18.0 Å². The molecule has 112 valence electrons. The van der Waals surface area contributed by atoms with Crippen LogP contribution >= 0.6 is 0 Å². The average molecular weight is 287 g/mol. The summed E-state index contributed by atoms with van der Waals surface area (Å²) < 4.78 is 7.95. The van der Waals surface area contributed by atoms with Gasteiger partial charge in [-0.05, 0) is 19.9 Å². The molecular weight excluding hydrogens is 266 g/mol. The van der Waals surface area contributed by atoms with Gasteiger partial charge in [0.2, 0.25) is 0 Å². The lowest BCUT2D eigenvalue weighted by Crippen LogP contribution is -2.38. The Labute approximate surface area is 124 Å². The minimum atomic E-state index is 0.0281. The Morgan fingerprint density at radius 1 is 1.33 bits per heavy atom. The van der Waals surface area contributed by atoms with Gasteiger partial charge in [0.25, 0.3) is 0 Å². The molecule has 0 bridgehead atoms. The summed E-state index contributed by atoms with van der Waals surface area (Å²) >= 11 is 0. The molecule has 0 aromatic carbocycles. The molecule has 0 saturated carbocycles. The lowest BCUT2D eigenvalue weighted by atomic mass is 10.2. The monoisotopic (exact) mass is 287 g/mol. The highest BCUT2D eigenvalue weighted by Gasteiger charge is 2.25. The fourth-order valence-corrected chi connectivity index (χ4v) is 2.76. The van der Waals surface area contributed by atoms with Crippen molar-refractivity contribution in [1.29, 1.82) is 0 Å². The first-order chi connectivity index (χ1) is 10.1. The highest BCUT2D eigenvalue weighted by Crippen LogP contribution is 2.22. The van der Waals surface area contributed by atoms with Crippen LogP contribution in [0.2, 0.25) is 0 Å². The summed E-state index contributed by atoms with van der Waals surface area (Å²) in [6.07, 6.45) is 3.88. The molecule has 21 heavy (non-hydrogen) atoms. The topological polar surface area (TPSA) is 56.1 Å². The van der Waals surface area contributed by atoms with Gasteiger partial charge < -0.3 is 9.30 Å². The summed E-state index contributed by atoms with van der Waals surface area (Å²) in [7, 11) is 2.02. The Bertz CT molecular complexity index is 624. The summed E-state index contributed by atoms with van der Waals surface area (Å²) in [4.78, 5) is 15.6. The number of hydrogen-bond acceptors (Lipinski definition) is 5. The van der Waals surface area contributed by atoms with E-state index in [9.17, 15) is 0 Å². The van der Waals surface area contributed by atoms with Crippen LogP contribution in [0.4, 0.5) is 0 Å². The van der Waals surface area contributed by atoms with E-state index in [-0.39, 0.29) is 6.10 Å². The Morgan fingerprint density at radius 3 is 2.90 bits per heavy atom. The van der Waals surface area contributed by atoms with E-state index in [1.807, 2.05) is 39.4 Å². The van der Waals surface area contributed by atoms with Crippen molar-refractivity contribution in [1.82, 2.24) is 24.4 Å². The number of ether oxygens (including phenoxy) is 1. The van der Waals surface area contributed by atoms with Crippen LogP contribution in [0.25, 0.3) is 0 Å². The molecule has 0 N–H and O–H groups in total. The van der Waals surface area contributed by atoms with E-state index in [0.717, 1.165) is 49.3 Å². The normalized spacial score (nSPS) is 19.9. The van der Waals surface area contributed by atoms with E-state index in [4.69, 9.17) is 4.74 Å². The van der Waals surface area contributed by atoms with Crippen molar-refractivity contribution in [3.05, 3.63) is 41.5 Å². The number of hydrogen-bond donors (Lipinski definition) is 0. The van der Waals surface area contributed by atoms with Crippen LogP contribution in [-0.4, -0.2) is 44.1 Å². The molecule has 0 spiro atoms. The van der Waals surface area contributed by atoms with Crippen molar-refractivity contribution in [3.63, 3.8) is 0 Å². The van der Waals surface area contributed by atoms with E-state index in [2.05, 4.69) is 24.4 Å². The molecule has 1 saturated heterocycles. The van der Waals surface area contributed by atoms with E-state index >= 15 is 0 Å². The van der Waals surface area contributed by atoms with Crippen molar-refractivity contribution < 1.29 is 4.74 Å². The van der Waals surface area contributed by atoms with Crippen LogP contribution < -0.4 is 0 Å². The third kappa shape index (κ3) is 3.28. The maximum atomic E-state index is 5.89. The molecule has 1 aliphatic rings. The fourth-order valence-electron chi connectivity index (χ4n) is 2.76. The van der Waals surface area contributed by atoms with Gasteiger partial charge in [0.1, 0.15) is 17.8 Å². The Morgan fingerprint density at radius 2 is 2.19 bits per heavy atom. The predicted molar refractivity (Wildman–Crippen MR) is 78.7 cm³/mol. The first-order valence-corrected chi connectivity index (χ1v) is 7.24. The standard InChI is InChI=1S/C15H21N5O/c1-11-8-19(3)15(17-11)14-10-20(6-7-21-14)9-13-4-5-16-12(2)18-13/h4-5,8,14H,6-7,9-10H2,1-3H3/t14-/m0/s1. The smallest absolute Gasteiger partial charge is 0.139 e. The van der Waals surface area contributed by atoms with Gasteiger partial charge in [-0.1, -0.05) is 0 Å². The molecule has 6 nitrogen and oxygen atoms in total. The van der Waals surface area contributed by atoms with Crippen molar-refractivity contribution in [2.24, 2.45) is 7.05 Å². The molecule has 3 heterocycles. The fraction of sp³-hybridized carbons (Fsp3) is 0.533. The Kier molecular flexibility index (Phi) is 3.98. The average Bonchev–Trinajstić information content (AvgIpc) is 2.78. The first kappa shape index (κ1) is 14.2. The summed E-state index contributed by atoms with van der Waals surface area (Å²) in [5, 5.41) is 0. The summed E-state index contributed by atoms with van der Waals surface area (Å²) in [5.74, 6) is 1.81. The number of imidazole rings is 1. The molecule has 0 radical (unpaired) electrons. The zero-order chi connectivity index (χ0) is 14.8. The van der Waals surface area contributed by atoms with Crippen LogP contribution in [-0.2, 0) is 18.3 Å². The van der Waals surface area contributed by atoms with Crippen molar-refractivity contribution in [3.8, 4) is 0 Å². The minimum absolute atomic E-state index is 0.0281. The van der Waals surface area contributed by atoms with Crippen LogP contribution in [0.3, 0.4) is 0 Å². The van der Waals surface area contributed by atoms with Crippen LogP contribution in [0.15, 0.2) is 18.5 Å². The maximum Gasteiger partial charge on any atom is 0.139 e. The second-order valence-electron chi connectivity index (χ2n) is 5.54. The quantitative estimate of drug-likeness (QED) is 0.854. The summed E-state index contributed by atoms with van der Waals surface area (Å²) in [5.41, 5.74) is 2.08. The Balaban J connectivity index is 1.70. The van der Waals surface area contributed by atoms with E-state index in [1.54, 1.807) is 0 Å². The maximum absolute atomic E-state index is 5.89. The largest absolute Gasteiger partial charge is 0.368 e. The molecule has 1 aliphatic heterocycles. The first-order valence-electron chi connectivity index (χ1n) is 7.24. The van der Waals surface area contributed by atoms with Gasteiger partial charge in [0, 0.05) is 39.1 Å². The third-order valence-corrected chi connectivity index (χ3v) is 3.69. The van der Waals surface area contributed by atoms with Crippen LogP contribution in [0, 0.1) is 13.8 Å². The van der Waals surface area contributed by atoms with Crippen molar-refractivity contribution >= 4 is 0 Å². The lowest BCUT2D eigenvalue weighted by Gasteiger charge is -2.32. The molecule has 0 unspecified atom stereocenters. The lowest BCUT2D eigenvalue weighted by molar-refractivity contribution is -0.0387. The SMILES string of the molecule is Cc1cn(C)c([C@@H]2CN(Cc3ccnc(C)n3)CCO2)n1. The third-order valence-electron chi connectivity index (χ3n) is 3.69. The second-order valence-corrected chi connectivity index (χ2v) is 5.54. The van der Waals surface area contributed by atoms with Gasteiger partial charge in [-0.3, -0.25) is 4.90 Å². The molecule has 2 aromatic heterocycles. The van der Waals surface area contributed by atoms with Gasteiger partial charge in [-0.2, -0.15) is 0 Å². The van der Waals surface area contributed by atoms with Gasteiger partial charge in [-0.25, -0.2) is 15.0 Å². The predicted octanol–water partition coefficient (Wildman–Crippen LogP) is 1.40. The number of aromatic nitrogens is 4. The highest BCUT2D eigenvalue weighted by molar-refractivity contribution is 5.06. The molecule has 0 amide bonds. The number of nitrogens with zero attached hydrogens (tertiary/aromatic N) is 5. The van der Waals surface area contributed by atoms with E-state index in [0.29, 0.717) is 0 Å². The van der Waals surface area contributed by atoms with Crippen LogP contribution in [0.1, 0.15) is 29.1 Å². The Hall–Kier alpha value is -1.79. The van der Waals surface area contributed by atoms with Crippen molar-refractivity contribution in [2.45, 2.75) is 26.5 Å². The van der Waals surface area contributed by atoms with Gasteiger partial charge >= 0.3 is 0 Å².